The van der Waals surface area contributed by atoms with Crippen LogP contribution in [0.15, 0.2) is 23.1 Å². The highest BCUT2D eigenvalue weighted by Gasteiger charge is 2.43. The van der Waals surface area contributed by atoms with Gasteiger partial charge in [-0.25, -0.2) is 13.1 Å². The average molecular weight is 323 g/mol. The van der Waals surface area contributed by atoms with Gasteiger partial charge in [-0.15, -0.1) is 0 Å². The first-order valence-electron chi connectivity index (χ1n) is 5.98. The molecule has 1 aromatic carbocycles. The predicted molar refractivity (Wildman–Crippen MR) is 77.0 cm³/mol. The van der Waals surface area contributed by atoms with E-state index in [0.717, 1.165) is 12.8 Å². The number of hydrogen-bond acceptors (Lipinski definition) is 3. The highest BCUT2D eigenvalue weighted by molar-refractivity contribution is 7.89. The standard InChI is InChI=1S/C12H16Cl2N2O2S/c1-12(7-15,8-5-6-8)16-19(17,18)11-9(13)3-2-4-10(11)14/h2-4,8,16H,5-7,15H2,1H3. The zero-order valence-electron chi connectivity index (χ0n) is 10.5. The average Bonchev–Trinajstić information content (AvgIpc) is 3.11. The third-order valence-electron chi connectivity index (χ3n) is 3.46. The van der Waals surface area contributed by atoms with Crippen molar-refractivity contribution >= 4 is 33.2 Å². The fourth-order valence-electron chi connectivity index (χ4n) is 2.11. The molecule has 1 unspecified atom stereocenters. The predicted octanol–water partition coefficient (Wildman–Crippen LogP) is 2.40. The lowest BCUT2D eigenvalue weighted by Gasteiger charge is -2.29. The van der Waals surface area contributed by atoms with Crippen LogP contribution < -0.4 is 10.5 Å². The zero-order valence-corrected chi connectivity index (χ0v) is 12.8. The maximum absolute atomic E-state index is 12.4. The van der Waals surface area contributed by atoms with E-state index in [4.69, 9.17) is 28.9 Å². The number of nitrogens with two attached hydrogens (primary N) is 1. The highest BCUT2D eigenvalue weighted by Crippen LogP contribution is 2.40. The Balaban J connectivity index is 2.38. The van der Waals surface area contributed by atoms with Crippen LogP contribution in [-0.2, 0) is 10.0 Å². The van der Waals surface area contributed by atoms with Crippen LogP contribution in [-0.4, -0.2) is 20.5 Å². The summed E-state index contributed by atoms with van der Waals surface area (Å²) in [6.45, 7) is 2.05. The lowest BCUT2D eigenvalue weighted by Crippen LogP contribution is -2.53. The number of benzene rings is 1. The maximum Gasteiger partial charge on any atom is 0.244 e. The van der Waals surface area contributed by atoms with Gasteiger partial charge in [0.25, 0.3) is 0 Å². The molecule has 19 heavy (non-hydrogen) atoms. The first-order valence-corrected chi connectivity index (χ1v) is 8.22. The fraction of sp³-hybridized carbons (Fsp3) is 0.500. The molecule has 0 heterocycles. The monoisotopic (exact) mass is 322 g/mol. The van der Waals surface area contributed by atoms with E-state index in [0.29, 0.717) is 0 Å². The summed E-state index contributed by atoms with van der Waals surface area (Å²) in [4.78, 5) is -0.0846. The van der Waals surface area contributed by atoms with Crippen molar-refractivity contribution in [2.75, 3.05) is 6.54 Å². The van der Waals surface area contributed by atoms with Crippen LogP contribution >= 0.6 is 23.2 Å². The van der Waals surface area contributed by atoms with E-state index in [1.165, 1.54) is 12.1 Å². The third-order valence-corrected chi connectivity index (χ3v) is 6.02. The van der Waals surface area contributed by atoms with E-state index in [1.54, 1.807) is 6.07 Å². The van der Waals surface area contributed by atoms with Crippen molar-refractivity contribution in [3.8, 4) is 0 Å². The first kappa shape index (κ1) is 15.1. The molecule has 1 aliphatic rings. The van der Waals surface area contributed by atoms with Gasteiger partial charge in [0.2, 0.25) is 10.0 Å². The summed E-state index contributed by atoms with van der Waals surface area (Å²) in [6.07, 6.45) is 1.96. The molecule has 7 heteroatoms. The third kappa shape index (κ3) is 3.06. The van der Waals surface area contributed by atoms with Crippen molar-refractivity contribution in [3.05, 3.63) is 28.2 Å². The van der Waals surface area contributed by atoms with E-state index < -0.39 is 15.6 Å². The Morgan fingerprint density at radius 3 is 2.32 bits per heavy atom. The number of halogens is 2. The zero-order chi connectivity index (χ0) is 14.3. The van der Waals surface area contributed by atoms with Gasteiger partial charge < -0.3 is 5.73 Å². The Hall–Kier alpha value is -0.330. The topological polar surface area (TPSA) is 72.2 Å². The molecule has 1 saturated carbocycles. The summed E-state index contributed by atoms with van der Waals surface area (Å²) >= 11 is 11.9. The molecular weight excluding hydrogens is 307 g/mol. The van der Waals surface area contributed by atoms with Crippen molar-refractivity contribution < 1.29 is 8.42 Å². The summed E-state index contributed by atoms with van der Waals surface area (Å²) in [5.41, 5.74) is 5.06. The van der Waals surface area contributed by atoms with Gasteiger partial charge in [0.1, 0.15) is 4.90 Å². The molecule has 0 radical (unpaired) electrons. The normalized spacial score (nSPS) is 19.2. The summed E-state index contributed by atoms with van der Waals surface area (Å²) in [5.74, 6) is 0.272. The van der Waals surface area contributed by atoms with Crippen LogP contribution in [0.25, 0.3) is 0 Å². The molecule has 0 aliphatic heterocycles. The molecule has 1 fully saturated rings. The summed E-state index contributed by atoms with van der Waals surface area (Å²) in [5, 5.41) is 0.213. The van der Waals surface area contributed by atoms with Gasteiger partial charge in [-0.1, -0.05) is 29.3 Å². The van der Waals surface area contributed by atoms with Crippen LogP contribution in [0.5, 0.6) is 0 Å². The van der Waals surface area contributed by atoms with Crippen LogP contribution in [0, 0.1) is 5.92 Å². The van der Waals surface area contributed by atoms with Gasteiger partial charge in [0, 0.05) is 12.1 Å². The van der Waals surface area contributed by atoms with E-state index in [2.05, 4.69) is 4.72 Å². The minimum atomic E-state index is -3.79. The second-order valence-electron chi connectivity index (χ2n) is 5.05. The number of sulfonamides is 1. The van der Waals surface area contributed by atoms with Gasteiger partial charge in [-0.05, 0) is 37.8 Å². The lowest BCUT2D eigenvalue weighted by atomic mass is 9.98. The van der Waals surface area contributed by atoms with Crippen molar-refractivity contribution in [3.63, 3.8) is 0 Å². The lowest BCUT2D eigenvalue weighted by molar-refractivity contribution is 0.374. The molecule has 0 saturated heterocycles. The minimum Gasteiger partial charge on any atom is -0.329 e. The van der Waals surface area contributed by atoms with Crippen LogP contribution in [0.3, 0.4) is 0 Å². The van der Waals surface area contributed by atoms with E-state index in [1.807, 2.05) is 6.92 Å². The van der Waals surface area contributed by atoms with Gasteiger partial charge in [0.15, 0.2) is 0 Å². The molecule has 3 N–H and O–H groups in total. The molecule has 106 valence electrons. The van der Waals surface area contributed by atoms with E-state index >= 15 is 0 Å². The van der Waals surface area contributed by atoms with Gasteiger partial charge >= 0.3 is 0 Å². The Kier molecular flexibility index (Phi) is 4.14. The number of nitrogens with one attached hydrogen (secondary N) is 1. The molecule has 0 aromatic heterocycles. The molecule has 2 rings (SSSR count). The molecule has 1 atom stereocenters. The Bertz CT molecular complexity index is 567. The van der Waals surface area contributed by atoms with Gasteiger partial charge in [-0.2, -0.15) is 0 Å². The van der Waals surface area contributed by atoms with Crippen LogP contribution in [0.1, 0.15) is 19.8 Å². The molecule has 4 nitrogen and oxygen atoms in total. The van der Waals surface area contributed by atoms with E-state index in [9.17, 15) is 8.42 Å². The molecule has 0 amide bonds. The number of hydrogen-bond donors (Lipinski definition) is 2. The molecule has 1 aromatic rings. The first-order chi connectivity index (χ1) is 8.80. The fourth-order valence-corrected chi connectivity index (χ4v) is 4.73. The van der Waals surface area contributed by atoms with Gasteiger partial charge in [0.05, 0.1) is 10.0 Å². The summed E-state index contributed by atoms with van der Waals surface area (Å²) in [6, 6.07) is 4.60. The molecule has 0 spiro atoms. The summed E-state index contributed by atoms with van der Waals surface area (Å²) in [7, 11) is -3.79. The van der Waals surface area contributed by atoms with Crippen molar-refractivity contribution in [2.24, 2.45) is 11.7 Å². The second kappa shape index (κ2) is 5.22. The Labute approximate surface area is 123 Å². The molecular formula is C12H16Cl2N2O2S. The van der Waals surface area contributed by atoms with Crippen LogP contribution in [0.2, 0.25) is 10.0 Å². The Morgan fingerprint density at radius 1 is 1.37 bits per heavy atom. The second-order valence-corrected chi connectivity index (χ2v) is 7.49. The van der Waals surface area contributed by atoms with E-state index in [-0.39, 0.29) is 27.4 Å². The SMILES string of the molecule is CC(CN)(NS(=O)(=O)c1c(Cl)cccc1Cl)C1CC1. The molecule has 1 aliphatic carbocycles. The Morgan fingerprint density at radius 2 is 1.89 bits per heavy atom. The van der Waals surface area contributed by atoms with Crippen molar-refractivity contribution in [1.29, 1.82) is 0 Å². The van der Waals surface area contributed by atoms with Crippen molar-refractivity contribution in [2.45, 2.75) is 30.2 Å². The smallest absolute Gasteiger partial charge is 0.244 e. The summed E-state index contributed by atoms with van der Waals surface area (Å²) < 4.78 is 27.5. The number of rotatable bonds is 5. The maximum atomic E-state index is 12.4. The highest BCUT2D eigenvalue weighted by atomic mass is 35.5. The quantitative estimate of drug-likeness (QED) is 0.874. The minimum absolute atomic E-state index is 0.0846. The van der Waals surface area contributed by atoms with Crippen LogP contribution in [0.4, 0.5) is 0 Å². The van der Waals surface area contributed by atoms with Gasteiger partial charge in [-0.3, -0.25) is 0 Å². The van der Waals surface area contributed by atoms with Crippen molar-refractivity contribution in [1.82, 2.24) is 4.72 Å². The molecule has 0 bridgehead atoms. The largest absolute Gasteiger partial charge is 0.329 e.